The minimum atomic E-state index is 0.287. The Balaban J connectivity index is 2.76. The van der Waals surface area contributed by atoms with Gasteiger partial charge in [0.05, 0.1) is 11.6 Å². The van der Waals surface area contributed by atoms with Gasteiger partial charge in [-0.2, -0.15) is 5.26 Å². The lowest BCUT2D eigenvalue weighted by Crippen LogP contribution is -2.09. The Labute approximate surface area is 94.6 Å². The molecule has 2 rings (SSSR count). The van der Waals surface area contributed by atoms with Crippen LogP contribution in [0, 0.1) is 32.1 Å². The van der Waals surface area contributed by atoms with Gasteiger partial charge in [0.1, 0.15) is 18.1 Å². The molecule has 0 aliphatic carbocycles. The average Bonchev–Trinajstić information content (AvgIpc) is 2.33. The first-order valence-corrected chi connectivity index (χ1v) is 5.12. The summed E-state index contributed by atoms with van der Waals surface area (Å²) in [5, 5.41) is 18.8. The van der Waals surface area contributed by atoms with Crippen LogP contribution in [0.1, 0.15) is 22.3 Å². The minimum absolute atomic E-state index is 0.287. The molecule has 0 saturated heterocycles. The lowest BCUT2D eigenvalue weighted by Gasteiger charge is -2.21. The Hall–Kier alpha value is -1.95. The monoisotopic (exact) mass is 215 g/mol. The summed E-state index contributed by atoms with van der Waals surface area (Å²) in [6.07, 6.45) is 1.79. The van der Waals surface area contributed by atoms with Crippen LogP contribution < -0.4 is 4.74 Å². The highest BCUT2D eigenvalue weighted by atomic mass is 16.5. The summed E-state index contributed by atoms with van der Waals surface area (Å²) >= 11 is 0. The minimum Gasteiger partial charge on any atom is -0.507 e. The molecular formula is C13H13NO2. The fourth-order valence-corrected chi connectivity index (χ4v) is 1.92. The van der Waals surface area contributed by atoms with E-state index in [0.29, 0.717) is 12.2 Å². The molecule has 82 valence electrons. The van der Waals surface area contributed by atoms with E-state index >= 15 is 0 Å². The van der Waals surface area contributed by atoms with Gasteiger partial charge in [0, 0.05) is 11.1 Å². The molecule has 0 fully saturated rings. The Morgan fingerprint density at radius 1 is 1.25 bits per heavy atom. The number of benzene rings is 1. The first-order valence-electron chi connectivity index (χ1n) is 5.12. The van der Waals surface area contributed by atoms with Crippen molar-refractivity contribution in [2.45, 2.75) is 20.8 Å². The molecule has 1 aliphatic heterocycles. The van der Waals surface area contributed by atoms with E-state index in [1.54, 1.807) is 6.08 Å². The van der Waals surface area contributed by atoms with E-state index in [1.807, 2.05) is 20.8 Å². The standard InChI is InChI=1S/C13H13NO2/c1-7-8(2)13-11(9(3)12(7)15)4-10(5-14)6-16-13/h4,15H,6H2,1-3H3. The van der Waals surface area contributed by atoms with E-state index < -0.39 is 0 Å². The normalized spacial score (nSPS) is 13.5. The van der Waals surface area contributed by atoms with Gasteiger partial charge in [0.2, 0.25) is 0 Å². The zero-order valence-corrected chi connectivity index (χ0v) is 9.59. The van der Waals surface area contributed by atoms with Gasteiger partial charge in [-0.15, -0.1) is 0 Å². The number of nitrogens with zero attached hydrogens (tertiary/aromatic N) is 1. The molecule has 0 radical (unpaired) electrons. The molecule has 1 N–H and O–H groups in total. The number of nitriles is 1. The quantitative estimate of drug-likeness (QED) is 0.723. The third-order valence-electron chi connectivity index (χ3n) is 3.10. The summed E-state index contributed by atoms with van der Waals surface area (Å²) in [6.45, 7) is 5.93. The van der Waals surface area contributed by atoms with Crippen molar-refractivity contribution in [2.75, 3.05) is 6.61 Å². The number of aromatic hydroxyl groups is 1. The van der Waals surface area contributed by atoms with E-state index in [4.69, 9.17) is 10.00 Å². The highest BCUT2D eigenvalue weighted by molar-refractivity contribution is 5.73. The van der Waals surface area contributed by atoms with Crippen LogP contribution in [0.4, 0.5) is 0 Å². The molecule has 0 atom stereocenters. The molecule has 3 nitrogen and oxygen atoms in total. The van der Waals surface area contributed by atoms with Crippen LogP contribution in [0.2, 0.25) is 0 Å². The summed E-state index contributed by atoms with van der Waals surface area (Å²) in [5.74, 6) is 1.07. The third-order valence-corrected chi connectivity index (χ3v) is 3.10. The predicted octanol–water partition coefficient (Wildman–Crippen LogP) is 2.62. The smallest absolute Gasteiger partial charge is 0.130 e. The van der Waals surface area contributed by atoms with Crippen molar-refractivity contribution >= 4 is 6.08 Å². The van der Waals surface area contributed by atoms with Crippen molar-refractivity contribution in [3.63, 3.8) is 0 Å². The molecule has 1 aliphatic rings. The van der Waals surface area contributed by atoms with E-state index in [0.717, 1.165) is 28.0 Å². The number of phenolic OH excluding ortho intramolecular Hbond substituents is 1. The maximum atomic E-state index is 9.93. The number of rotatable bonds is 0. The molecule has 0 saturated carbocycles. The maximum absolute atomic E-state index is 9.93. The molecule has 1 heterocycles. The van der Waals surface area contributed by atoms with Crippen LogP contribution in [-0.2, 0) is 0 Å². The Morgan fingerprint density at radius 3 is 2.56 bits per heavy atom. The number of ether oxygens (including phenoxy) is 1. The van der Waals surface area contributed by atoms with Crippen LogP contribution in [0.25, 0.3) is 6.08 Å². The van der Waals surface area contributed by atoms with E-state index in [1.165, 1.54) is 0 Å². The predicted molar refractivity (Wildman–Crippen MR) is 61.4 cm³/mol. The van der Waals surface area contributed by atoms with Gasteiger partial charge >= 0.3 is 0 Å². The third kappa shape index (κ3) is 1.35. The van der Waals surface area contributed by atoms with Crippen LogP contribution >= 0.6 is 0 Å². The Morgan fingerprint density at radius 2 is 1.94 bits per heavy atom. The fourth-order valence-electron chi connectivity index (χ4n) is 1.92. The van der Waals surface area contributed by atoms with Gasteiger partial charge in [-0.25, -0.2) is 0 Å². The molecule has 0 spiro atoms. The van der Waals surface area contributed by atoms with Crippen molar-refractivity contribution in [3.8, 4) is 17.6 Å². The van der Waals surface area contributed by atoms with E-state index in [2.05, 4.69) is 6.07 Å². The Bertz CT molecular complexity index is 536. The zero-order valence-electron chi connectivity index (χ0n) is 9.59. The van der Waals surface area contributed by atoms with Crippen molar-refractivity contribution in [1.29, 1.82) is 5.26 Å². The largest absolute Gasteiger partial charge is 0.507 e. The molecule has 0 amide bonds. The van der Waals surface area contributed by atoms with Crippen LogP contribution in [-0.4, -0.2) is 11.7 Å². The fraction of sp³-hybridized carbons (Fsp3) is 0.308. The summed E-state index contributed by atoms with van der Waals surface area (Å²) in [4.78, 5) is 0. The van der Waals surface area contributed by atoms with Gasteiger partial charge in [-0.1, -0.05) is 0 Å². The Kier molecular flexibility index (Phi) is 2.35. The van der Waals surface area contributed by atoms with Crippen molar-refractivity contribution in [3.05, 3.63) is 27.8 Å². The van der Waals surface area contributed by atoms with Crippen LogP contribution in [0.3, 0.4) is 0 Å². The number of hydrogen-bond acceptors (Lipinski definition) is 3. The molecule has 3 heteroatoms. The lowest BCUT2D eigenvalue weighted by atomic mass is 9.95. The molecule has 0 aromatic heterocycles. The zero-order chi connectivity index (χ0) is 11.9. The number of hydrogen-bond donors (Lipinski definition) is 1. The number of fused-ring (bicyclic) bond motifs is 1. The average molecular weight is 215 g/mol. The second-order valence-electron chi connectivity index (χ2n) is 4.04. The summed E-state index contributed by atoms with van der Waals surface area (Å²) in [7, 11) is 0. The van der Waals surface area contributed by atoms with Crippen molar-refractivity contribution in [1.82, 2.24) is 0 Å². The summed E-state index contributed by atoms with van der Waals surface area (Å²) in [6, 6.07) is 2.08. The topological polar surface area (TPSA) is 53.2 Å². The van der Waals surface area contributed by atoms with Gasteiger partial charge < -0.3 is 9.84 Å². The highest BCUT2D eigenvalue weighted by Crippen LogP contribution is 2.40. The van der Waals surface area contributed by atoms with Gasteiger partial charge in [0.25, 0.3) is 0 Å². The van der Waals surface area contributed by atoms with E-state index in [9.17, 15) is 5.11 Å². The SMILES string of the molecule is Cc1c(C)c2c(c(C)c1O)C=C(C#N)CO2. The van der Waals surface area contributed by atoms with Crippen molar-refractivity contribution in [2.24, 2.45) is 0 Å². The van der Waals surface area contributed by atoms with E-state index in [-0.39, 0.29) is 5.75 Å². The molecular weight excluding hydrogens is 202 g/mol. The lowest BCUT2D eigenvalue weighted by molar-refractivity contribution is 0.347. The first kappa shape index (κ1) is 10.6. The van der Waals surface area contributed by atoms with Gasteiger partial charge in [-0.3, -0.25) is 0 Å². The van der Waals surface area contributed by atoms with Gasteiger partial charge in [0.15, 0.2) is 0 Å². The first-order chi connectivity index (χ1) is 7.56. The van der Waals surface area contributed by atoms with Crippen molar-refractivity contribution < 1.29 is 9.84 Å². The molecule has 1 aromatic carbocycles. The summed E-state index contributed by atoms with van der Waals surface area (Å²) in [5.41, 5.74) is 3.95. The number of phenols is 1. The van der Waals surface area contributed by atoms with Crippen LogP contribution in [0.15, 0.2) is 5.57 Å². The second-order valence-corrected chi connectivity index (χ2v) is 4.04. The van der Waals surface area contributed by atoms with Gasteiger partial charge in [-0.05, 0) is 38.0 Å². The molecule has 0 bridgehead atoms. The molecule has 16 heavy (non-hydrogen) atoms. The summed E-state index contributed by atoms with van der Waals surface area (Å²) < 4.78 is 5.57. The molecule has 0 unspecified atom stereocenters. The second kappa shape index (κ2) is 3.57. The van der Waals surface area contributed by atoms with Crippen LogP contribution in [0.5, 0.6) is 11.5 Å². The molecule has 1 aromatic rings. The highest BCUT2D eigenvalue weighted by Gasteiger charge is 2.20. The maximum Gasteiger partial charge on any atom is 0.130 e.